The Labute approximate surface area is 923 Å². The van der Waals surface area contributed by atoms with Crippen LogP contribution in [0.2, 0.25) is 0 Å². The summed E-state index contributed by atoms with van der Waals surface area (Å²) in [6.45, 7) is -0.274. The van der Waals surface area contributed by atoms with E-state index in [0.29, 0.717) is 65.0 Å². The van der Waals surface area contributed by atoms with Gasteiger partial charge in [-0.3, -0.25) is 20.2 Å². The fourth-order valence-corrected chi connectivity index (χ4v) is 12.4. The van der Waals surface area contributed by atoms with E-state index in [0.717, 1.165) is 12.1 Å². The molecule has 0 radical (unpaired) electrons. The summed E-state index contributed by atoms with van der Waals surface area (Å²) in [4.78, 5) is 56.8. The number of ether oxygens (including phenoxy) is 1. The van der Waals surface area contributed by atoms with Gasteiger partial charge in [0, 0.05) is 102 Å². The molecular formula is C59H65N23Na8O30S8. The van der Waals surface area contributed by atoms with Crippen LogP contribution in [0.1, 0.15) is 28.1 Å². The van der Waals surface area contributed by atoms with Crippen molar-refractivity contribution < 1.29 is 377 Å². The van der Waals surface area contributed by atoms with Crippen LogP contribution in [0.5, 0.6) is 0 Å². The van der Waals surface area contributed by atoms with E-state index in [2.05, 4.69) is 155 Å². The van der Waals surface area contributed by atoms with Crippen LogP contribution in [-0.4, -0.2) is 251 Å². The first-order valence-corrected chi connectivity index (χ1v) is 42.4. The van der Waals surface area contributed by atoms with Crippen molar-refractivity contribution >= 4 is 214 Å². The first kappa shape index (κ1) is 128. The van der Waals surface area contributed by atoms with E-state index < -0.39 is 87.2 Å². The van der Waals surface area contributed by atoms with E-state index in [-0.39, 0.29) is 410 Å². The number of rotatable bonds is 52. The molecule has 0 bridgehead atoms. The molecule has 4 aromatic carbocycles. The number of nitrogens with one attached hydrogen (secondary N) is 9. The SMILES string of the molecule is Cc1nc(N=CCSOO[O-])nc(Nc2ccc(/C=C/c3ccc(Nc4nc(NCCOCCO)nc(NCCS(=O)(=O)[O-])n4)cc3SOO[O-])c(S(=O)(=O)[O-])c2)n1.O=S(=O)([O-])CCNc1nc(NCC(O)CO)nc(Nc2ccc(/C=C/c3ccc(Nc4nc(N=CCSOO[O-])nc(NCC(O)CO)n4)cc3S(=O)(=O)[O-])c(SOO[O-])c2)n1.[Na+].[Na+].[Na+].[Na+].[Na+].[Na+].[Na+].[Na+]. The average molecular weight is 2020 g/mol. The molecule has 8 rings (SSSR count). The van der Waals surface area contributed by atoms with Crippen molar-refractivity contribution in [3.8, 4) is 0 Å². The number of nitrogens with zero attached hydrogens (tertiary/aromatic N) is 14. The molecule has 0 saturated heterocycles. The molecule has 0 aliphatic rings. The topological polar surface area (TPSA) is 793 Å². The Morgan fingerprint density at radius 3 is 1.09 bits per heavy atom. The molecule has 0 aliphatic carbocycles. The average Bonchev–Trinajstić information content (AvgIpc) is 0.807. The number of hydrogen-bond acceptors (Lipinski definition) is 57. The van der Waals surface area contributed by atoms with E-state index in [1.54, 1.807) is 19.1 Å². The van der Waals surface area contributed by atoms with Crippen LogP contribution in [0.25, 0.3) is 24.3 Å². The smallest absolute Gasteiger partial charge is 0.748 e. The zero-order valence-corrected chi connectivity index (χ0v) is 91.4. The minimum atomic E-state index is -5.14. The van der Waals surface area contributed by atoms with Gasteiger partial charge < -0.3 is 117 Å². The van der Waals surface area contributed by atoms with Gasteiger partial charge in [-0.05, 0) is 77.7 Å². The van der Waals surface area contributed by atoms with Gasteiger partial charge in [-0.25, -0.2) is 43.7 Å². The maximum absolute atomic E-state index is 12.5. The summed E-state index contributed by atoms with van der Waals surface area (Å²) in [6.07, 6.45) is 5.70. The standard InChI is InChI=1S/C30H38N12O16S4.C29H35N11O14S4.8Na/c43-15-21(45)13-33-27-37-25(31-7-9-59-57-55-47)39-30(42-27)36-20-6-4-18(24(12-20)62(52,53)54)2-1-17-3-5-19(11-23(17)60-58-56-48)35-29-40-26(32-8-10-61(49,50)51)38-28(41-29)34-14-22(46)16-44;1-18-33-25(31-9-14-55-53-51-42)38-28(34-18)36-22-7-5-20(24(17-22)58(47,48)49)3-2-19-4-6-21(16-23(19)56-54-52-43)35-29-39-26(30-8-12-50-13-11-41)37-27(40-29)32-10-15-57(44,45)46;;;;;;;;/h1-7,11-12,21-22,43-48H,8-10,13-16H2,(H,49,50,51)(H,52,53,54)(H2,33,36,37,39,42)(H3,32,34,35,38,40,41);2-7,9,16-17,41-43H,8,10-15H2,1H3,(H,44,45,46)(H,47,48,49)(H,33,34,36,38)(H3,30,32,35,37,39,40);;;;;;;;/q;;8*+1/p-8/b2-1+,31-7?;3-2+,31-9?;;;;;;;;. The maximum atomic E-state index is 12.5. The zero-order chi connectivity index (χ0) is 87.1. The molecule has 0 saturated carbocycles. The van der Waals surface area contributed by atoms with E-state index in [9.17, 15) is 83.1 Å². The van der Waals surface area contributed by atoms with Crippen LogP contribution in [0, 0.1) is 6.92 Å². The Bertz CT molecular complexity index is 5310. The van der Waals surface area contributed by atoms with Gasteiger partial charge in [-0.2, -0.15) is 77.1 Å². The van der Waals surface area contributed by atoms with Crippen molar-refractivity contribution in [2.24, 2.45) is 9.98 Å². The molecule has 4 aromatic heterocycles. The normalized spacial score (nSPS) is 11.8. The van der Waals surface area contributed by atoms with Gasteiger partial charge in [0.1, 0.15) is 26.1 Å². The van der Waals surface area contributed by atoms with Gasteiger partial charge in [-0.15, -0.1) is 0 Å². The summed E-state index contributed by atoms with van der Waals surface area (Å²) in [5.74, 6) is -2.19. The first-order chi connectivity index (χ1) is 57.3. The number of anilines is 13. The second-order valence-corrected chi connectivity index (χ2v) is 31.1. The minimum absolute atomic E-state index is 0. The summed E-state index contributed by atoms with van der Waals surface area (Å²) in [5, 5.41) is 126. The van der Waals surface area contributed by atoms with Crippen LogP contribution in [0.15, 0.2) is 102 Å². The monoisotopic (exact) mass is 2020 g/mol. The number of benzene rings is 4. The molecule has 8 aromatic rings. The predicted molar refractivity (Wildman–Crippen MR) is 414 cm³/mol. The molecule has 2 atom stereocenters. The number of aliphatic imine (C=N–C) groups is 2. The van der Waals surface area contributed by atoms with E-state index in [1.165, 1.54) is 85.3 Å². The number of aliphatic hydroxyl groups is 5. The molecule has 128 heavy (non-hydrogen) atoms. The predicted octanol–water partition coefficient (Wildman–Crippen LogP) is -25.9. The van der Waals surface area contributed by atoms with E-state index in [4.69, 9.17) is 20.1 Å². The number of aryl methyl sites for hydroxylation is 1. The zero-order valence-electron chi connectivity index (χ0n) is 68.9. The largest absolute Gasteiger partial charge is 1.00 e. The van der Waals surface area contributed by atoms with Gasteiger partial charge in [0.25, 0.3) is 11.9 Å². The van der Waals surface area contributed by atoms with Crippen molar-refractivity contribution in [3.05, 3.63) is 101 Å². The third kappa shape index (κ3) is 50.5. The molecule has 0 amide bonds. The van der Waals surface area contributed by atoms with Gasteiger partial charge in [0.2, 0.25) is 53.5 Å². The van der Waals surface area contributed by atoms with Gasteiger partial charge >= 0.3 is 236 Å². The van der Waals surface area contributed by atoms with Crippen LogP contribution in [-0.2, 0) is 82.7 Å². The van der Waals surface area contributed by atoms with Crippen molar-refractivity contribution in [3.63, 3.8) is 0 Å². The maximum Gasteiger partial charge on any atom is 1.00 e. The Morgan fingerprint density at radius 1 is 0.406 bits per heavy atom. The molecule has 14 N–H and O–H groups in total. The molecular weight excluding hydrogens is 1950 g/mol. The third-order valence-electron chi connectivity index (χ3n) is 13.7. The van der Waals surface area contributed by atoms with Gasteiger partial charge in [-0.1, -0.05) is 48.6 Å². The molecule has 0 aliphatic heterocycles. The van der Waals surface area contributed by atoms with Crippen LogP contribution < -0.4 is 305 Å². The Balaban J connectivity index is 0. The summed E-state index contributed by atoms with van der Waals surface area (Å²) < 4.78 is 163. The van der Waals surface area contributed by atoms with Gasteiger partial charge in [0.15, 0.2) is 0 Å². The van der Waals surface area contributed by atoms with E-state index >= 15 is 0 Å². The fraction of sp³-hybridized carbons (Fsp3) is 0.288. The second-order valence-electron chi connectivity index (χ2n) is 22.5. The van der Waals surface area contributed by atoms with Crippen LogP contribution >= 0.6 is 48.2 Å². The van der Waals surface area contributed by atoms with Gasteiger partial charge in [0.05, 0.1) is 122 Å². The van der Waals surface area contributed by atoms with Crippen molar-refractivity contribution in [2.45, 2.75) is 38.7 Å². The van der Waals surface area contributed by atoms with Crippen molar-refractivity contribution in [2.75, 3.05) is 137 Å². The Kier molecular flexibility index (Phi) is 68.5. The number of hydrogen-bond donors (Lipinski definition) is 14. The van der Waals surface area contributed by atoms with Crippen LogP contribution in [0.3, 0.4) is 0 Å². The second kappa shape index (κ2) is 68.3. The van der Waals surface area contributed by atoms with Crippen molar-refractivity contribution in [1.29, 1.82) is 0 Å². The summed E-state index contributed by atoms with van der Waals surface area (Å²) >= 11 is 2.24. The number of aromatic nitrogens is 12. The van der Waals surface area contributed by atoms with E-state index in [1.807, 2.05) is 0 Å². The molecule has 652 valence electrons. The third-order valence-corrected chi connectivity index (χ3v) is 19.1. The quantitative estimate of drug-likeness (QED) is 0.00246. The van der Waals surface area contributed by atoms with Crippen LogP contribution in [0.4, 0.5) is 88.2 Å². The molecule has 0 spiro atoms. The van der Waals surface area contributed by atoms with Crippen molar-refractivity contribution in [1.82, 2.24) is 59.8 Å². The summed E-state index contributed by atoms with van der Waals surface area (Å²) in [6, 6.07) is 16.6. The summed E-state index contributed by atoms with van der Waals surface area (Å²) in [7, 11) is -19.3. The molecule has 0 fully saturated rings. The Hall–Kier alpha value is -1.74. The number of aliphatic hydroxyl groups excluding tert-OH is 5. The molecule has 53 nitrogen and oxygen atoms in total. The molecule has 4 heterocycles. The Morgan fingerprint density at radius 2 is 0.727 bits per heavy atom. The first-order valence-electron chi connectivity index (χ1n) is 33.1. The molecule has 2 unspecified atom stereocenters. The summed E-state index contributed by atoms with van der Waals surface area (Å²) in [5.41, 5.74) is 1.34. The minimum Gasteiger partial charge on any atom is -0.748 e. The molecule has 69 heteroatoms. The fourth-order valence-electron chi connectivity index (χ4n) is 8.79.